The predicted molar refractivity (Wildman–Crippen MR) is 75.3 cm³/mol. The molecular formula is C15H21FN2O2. The van der Waals surface area contributed by atoms with E-state index in [-0.39, 0.29) is 24.1 Å². The predicted octanol–water partition coefficient (Wildman–Crippen LogP) is 1.63. The molecule has 1 saturated heterocycles. The Hall–Kier alpha value is -1.62. The molecular weight excluding hydrogens is 259 g/mol. The normalized spacial score (nSPS) is 22.4. The molecule has 0 saturated carbocycles. The maximum absolute atomic E-state index is 13.5. The summed E-state index contributed by atoms with van der Waals surface area (Å²) in [7, 11) is 1.42. The van der Waals surface area contributed by atoms with Crippen molar-refractivity contribution in [2.75, 3.05) is 13.7 Å². The largest absolute Gasteiger partial charge is 0.494 e. The van der Waals surface area contributed by atoms with Gasteiger partial charge in [-0.05, 0) is 44.0 Å². The van der Waals surface area contributed by atoms with Crippen molar-refractivity contribution in [2.45, 2.75) is 38.3 Å². The summed E-state index contributed by atoms with van der Waals surface area (Å²) in [5.74, 6) is -0.303. The molecule has 2 rings (SSSR count). The lowest BCUT2D eigenvalue weighted by Crippen LogP contribution is -2.46. The standard InChI is InChI=1S/C15H21FN2O2/c1-10-7-12(5-6-17-10)18-15(19)9-11-3-4-14(20-2)13(16)8-11/h3-4,8,10,12,17H,5-7,9H2,1-2H3,(H,18,19). The number of nitrogens with one attached hydrogen (secondary N) is 2. The lowest BCUT2D eigenvalue weighted by atomic mass is 10.0. The van der Waals surface area contributed by atoms with Crippen LogP contribution in [0.25, 0.3) is 0 Å². The average Bonchev–Trinajstić information content (AvgIpc) is 2.38. The molecule has 1 fully saturated rings. The number of benzene rings is 1. The summed E-state index contributed by atoms with van der Waals surface area (Å²) in [5, 5.41) is 6.35. The van der Waals surface area contributed by atoms with Crippen LogP contribution in [0.2, 0.25) is 0 Å². The van der Waals surface area contributed by atoms with Crippen molar-refractivity contribution < 1.29 is 13.9 Å². The monoisotopic (exact) mass is 280 g/mol. The second-order valence-corrected chi connectivity index (χ2v) is 5.29. The van der Waals surface area contributed by atoms with E-state index in [2.05, 4.69) is 17.6 Å². The summed E-state index contributed by atoms with van der Waals surface area (Å²) < 4.78 is 18.4. The molecule has 1 aromatic rings. The van der Waals surface area contributed by atoms with Crippen molar-refractivity contribution in [2.24, 2.45) is 0 Å². The van der Waals surface area contributed by atoms with Crippen molar-refractivity contribution in [3.8, 4) is 5.75 Å². The fourth-order valence-electron chi connectivity index (χ4n) is 2.55. The molecule has 0 radical (unpaired) electrons. The van der Waals surface area contributed by atoms with E-state index in [1.807, 2.05) is 0 Å². The lowest BCUT2D eigenvalue weighted by molar-refractivity contribution is -0.121. The highest BCUT2D eigenvalue weighted by Gasteiger charge is 2.20. The van der Waals surface area contributed by atoms with Crippen LogP contribution in [-0.4, -0.2) is 31.6 Å². The molecule has 20 heavy (non-hydrogen) atoms. The molecule has 1 amide bonds. The summed E-state index contributed by atoms with van der Waals surface area (Å²) in [6.45, 7) is 3.03. The molecule has 1 aliphatic rings. The smallest absolute Gasteiger partial charge is 0.224 e. The molecule has 2 unspecified atom stereocenters. The van der Waals surface area contributed by atoms with E-state index in [4.69, 9.17) is 4.74 Å². The first kappa shape index (κ1) is 14.8. The highest BCUT2D eigenvalue weighted by molar-refractivity contribution is 5.78. The third kappa shape index (κ3) is 3.93. The number of hydrogen-bond acceptors (Lipinski definition) is 3. The van der Waals surface area contributed by atoms with Gasteiger partial charge in [0.1, 0.15) is 0 Å². The summed E-state index contributed by atoms with van der Waals surface area (Å²) >= 11 is 0. The van der Waals surface area contributed by atoms with Gasteiger partial charge in [-0.1, -0.05) is 6.07 Å². The first-order valence-electron chi connectivity index (χ1n) is 6.93. The molecule has 1 aromatic carbocycles. The van der Waals surface area contributed by atoms with Gasteiger partial charge in [0.05, 0.1) is 13.5 Å². The number of carbonyl (C=O) groups excluding carboxylic acids is 1. The number of rotatable bonds is 4. The molecule has 4 nitrogen and oxygen atoms in total. The number of methoxy groups -OCH3 is 1. The van der Waals surface area contributed by atoms with Crippen molar-refractivity contribution >= 4 is 5.91 Å². The van der Waals surface area contributed by atoms with E-state index in [9.17, 15) is 9.18 Å². The Morgan fingerprint density at radius 1 is 1.55 bits per heavy atom. The third-order valence-electron chi connectivity index (χ3n) is 3.57. The van der Waals surface area contributed by atoms with Crippen LogP contribution < -0.4 is 15.4 Å². The van der Waals surface area contributed by atoms with E-state index in [0.29, 0.717) is 11.6 Å². The van der Waals surface area contributed by atoms with Crippen LogP contribution in [-0.2, 0) is 11.2 Å². The van der Waals surface area contributed by atoms with E-state index in [0.717, 1.165) is 19.4 Å². The second-order valence-electron chi connectivity index (χ2n) is 5.29. The molecule has 0 bridgehead atoms. The quantitative estimate of drug-likeness (QED) is 0.881. The van der Waals surface area contributed by atoms with Crippen molar-refractivity contribution in [1.82, 2.24) is 10.6 Å². The second kappa shape index (κ2) is 6.70. The van der Waals surface area contributed by atoms with Gasteiger partial charge in [-0.2, -0.15) is 0 Å². The number of halogens is 1. The van der Waals surface area contributed by atoms with E-state index < -0.39 is 5.82 Å². The van der Waals surface area contributed by atoms with E-state index in [1.54, 1.807) is 12.1 Å². The summed E-state index contributed by atoms with van der Waals surface area (Å²) in [6.07, 6.45) is 2.06. The number of ether oxygens (including phenoxy) is 1. The zero-order valence-corrected chi connectivity index (χ0v) is 11.9. The van der Waals surface area contributed by atoms with Crippen molar-refractivity contribution in [3.05, 3.63) is 29.6 Å². The highest BCUT2D eigenvalue weighted by Crippen LogP contribution is 2.18. The van der Waals surface area contributed by atoms with Crippen LogP contribution in [0.15, 0.2) is 18.2 Å². The third-order valence-corrected chi connectivity index (χ3v) is 3.57. The minimum atomic E-state index is -0.437. The summed E-state index contributed by atoms with van der Waals surface area (Å²) in [4.78, 5) is 12.0. The summed E-state index contributed by atoms with van der Waals surface area (Å²) in [6, 6.07) is 5.25. The Balaban J connectivity index is 1.89. The molecule has 0 spiro atoms. The van der Waals surface area contributed by atoms with Gasteiger partial charge in [-0.15, -0.1) is 0 Å². The van der Waals surface area contributed by atoms with Crippen molar-refractivity contribution in [1.29, 1.82) is 0 Å². The summed E-state index contributed by atoms with van der Waals surface area (Å²) in [5.41, 5.74) is 0.655. The van der Waals surface area contributed by atoms with Gasteiger partial charge in [-0.3, -0.25) is 4.79 Å². The van der Waals surface area contributed by atoms with Gasteiger partial charge in [0.2, 0.25) is 5.91 Å². The average molecular weight is 280 g/mol. The topological polar surface area (TPSA) is 50.4 Å². The van der Waals surface area contributed by atoms with Crippen LogP contribution in [0, 0.1) is 5.82 Å². The Morgan fingerprint density at radius 2 is 2.35 bits per heavy atom. The molecule has 110 valence electrons. The van der Waals surface area contributed by atoms with Crippen LogP contribution in [0.1, 0.15) is 25.3 Å². The highest BCUT2D eigenvalue weighted by atomic mass is 19.1. The SMILES string of the molecule is COc1ccc(CC(=O)NC2CCNC(C)C2)cc1F. The van der Waals surface area contributed by atoms with Crippen LogP contribution in [0.4, 0.5) is 4.39 Å². The fraction of sp³-hybridized carbons (Fsp3) is 0.533. The number of hydrogen-bond donors (Lipinski definition) is 2. The van der Waals surface area contributed by atoms with Gasteiger partial charge in [-0.25, -0.2) is 4.39 Å². The molecule has 1 heterocycles. The van der Waals surface area contributed by atoms with Gasteiger partial charge in [0.15, 0.2) is 11.6 Å². The van der Waals surface area contributed by atoms with Crippen LogP contribution in [0.3, 0.4) is 0 Å². The maximum Gasteiger partial charge on any atom is 0.224 e. The van der Waals surface area contributed by atoms with Crippen molar-refractivity contribution in [3.63, 3.8) is 0 Å². The zero-order valence-electron chi connectivity index (χ0n) is 11.9. The minimum absolute atomic E-state index is 0.0614. The Kier molecular flexibility index (Phi) is 4.95. The fourth-order valence-corrected chi connectivity index (χ4v) is 2.55. The zero-order chi connectivity index (χ0) is 14.5. The molecule has 1 aliphatic heterocycles. The minimum Gasteiger partial charge on any atom is -0.494 e. The molecule has 0 aliphatic carbocycles. The first-order chi connectivity index (χ1) is 9.58. The molecule has 0 aromatic heterocycles. The molecule has 2 N–H and O–H groups in total. The Bertz CT molecular complexity index is 479. The lowest BCUT2D eigenvalue weighted by Gasteiger charge is -2.28. The number of amides is 1. The molecule has 5 heteroatoms. The van der Waals surface area contributed by atoms with E-state index in [1.165, 1.54) is 13.2 Å². The van der Waals surface area contributed by atoms with Gasteiger partial charge in [0, 0.05) is 12.1 Å². The van der Waals surface area contributed by atoms with Crippen LogP contribution in [0.5, 0.6) is 5.75 Å². The number of carbonyl (C=O) groups is 1. The Morgan fingerprint density at radius 3 is 3.00 bits per heavy atom. The Labute approximate surface area is 118 Å². The van der Waals surface area contributed by atoms with Gasteiger partial charge < -0.3 is 15.4 Å². The first-order valence-corrected chi connectivity index (χ1v) is 6.93. The molecule has 2 atom stereocenters. The van der Waals surface area contributed by atoms with Crippen LogP contribution >= 0.6 is 0 Å². The maximum atomic E-state index is 13.5. The van der Waals surface area contributed by atoms with Gasteiger partial charge in [0.25, 0.3) is 0 Å². The number of piperidine rings is 1. The van der Waals surface area contributed by atoms with Gasteiger partial charge >= 0.3 is 0 Å². The van der Waals surface area contributed by atoms with E-state index >= 15 is 0 Å².